The van der Waals surface area contributed by atoms with Gasteiger partial charge in [-0.25, -0.2) is 18.2 Å². The van der Waals surface area contributed by atoms with Crippen molar-refractivity contribution in [2.45, 2.75) is 5.03 Å². The van der Waals surface area contributed by atoms with Crippen LogP contribution >= 0.6 is 23.4 Å². The zero-order valence-electron chi connectivity index (χ0n) is 14.0. The second-order valence-corrected chi connectivity index (χ2v) is 6.84. The van der Waals surface area contributed by atoms with Gasteiger partial charge in [0, 0.05) is 18.5 Å². The third-order valence-electron chi connectivity index (χ3n) is 3.53. The maximum absolute atomic E-state index is 13.6. The van der Waals surface area contributed by atoms with E-state index in [1.165, 1.54) is 29.1 Å². The van der Waals surface area contributed by atoms with E-state index in [-0.39, 0.29) is 21.5 Å². The summed E-state index contributed by atoms with van der Waals surface area (Å²) in [5, 5.41) is 2.08. The standard InChI is InChI=1S/C18H11ClF3N3O2S/c19-12-8-11(2-4-13(12)21)25-6-5-23-17(18(25)27)28-9-16(26)24-15-7-10(20)1-3-14(15)22/h1-8H,9H2,(H,24,26). The van der Waals surface area contributed by atoms with Crippen LogP contribution in [0.3, 0.4) is 0 Å². The SMILES string of the molecule is O=C(CSc1nccn(-c2ccc(F)c(Cl)c2)c1=O)Nc1cc(F)ccc1F. The van der Waals surface area contributed by atoms with Crippen molar-refractivity contribution >= 4 is 35.0 Å². The minimum Gasteiger partial charge on any atom is -0.323 e. The van der Waals surface area contributed by atoms with Gasteiger partial charge in [0.25, 0.3) is 5.56 Å². The number of hydrogen-bond donors (Lipinski definition) is 1. The van der Waals surface area contributed by atoms with E-state index >= 15 is 0 Å². The number of halogens is 4. The van der Waals surface area contributed by atoms with E-state index in [1.54, 1.807) is 0 Å². The molecule has 0 radical (unpaired) electrons. The first-order valence-corrected chi connectivity index (χ1v) is 9.12. The summed E-state index contributed by atoms with van der Waals surface area (Å²) in [7, 11) is 0. The van der Waals surface area contributed by atoms with E-state index in [0.717, 1.165) is 36.0 Å². The molecule has 0 saturated carbocycles. The maximum Gasteiger partial charge on any atom is 0.287 e. The predicted molar refractivity (Wildman–Crippen MR) is 101 cm³/mol. The quantitative estimate of drug-likeness (QED) is 0.627. The van der Waals surface area contributed by atoms with Gasteiger partial charge in [0.15, 0.2) is 5.03 Å². The molecule has 1 amide bonds. The summed E-state index contributed by atoms with van der Waals surface area (Å²) in [5.74, 6) is -3.01. The number of aromatic nitrogens is 2. The molecule has 1 heterocycles. The molecule has 0 unspecified atom stereocenters. The average molecular weight is 426 g/mol. The number of rotatable bonds is 5. The molecule has 0 aliphatic carbocycles. The summed E-state index contributed by atoms with van der Waals surface area (Å²) < 4.78 is 41.2. The molecule has 3 rings (SSSR count). The minimum atomic E-state index is -0.784. The van der Waals surface area contributed by atoms with E-state index < -0.39 is 28.9 Å². The van der Waals surface area contributed by atoms with Crippen LogP contribution in [0.5, 0.6) is 0 Å². The highest BCUT2D eigenvalue weighted by molar-refractivity contribution is 7.99. The summed E-state index contributed by atoms with van der Waals surface area (Å²) >= 11 is 6.56. The molecule has 1 N–H and O–H groups in total. The fraction of sp³-hybridized carbons (Fsp3) is 0.0556. The highest BCUT2D eigenvalue weighted by atomic mass is 35.5. The Morgan fingerprint density at radius 3 is 2.64 bits per heavy atom. The van der Waals surface area contributed by atoms with Crippen molar-refractivity contribution in [3.63, 3.8) is 0 Å². The number of nitrogens with zero attached hydrogens (tertiary/aromatic N) is 2. The molecule has 3 aromatic rings. The van der Waals surface area contributed by atoms with Gasteiger partial charge >= 0.3 is 0 Å². The lowest BCUT2D eigenvalue weighted by Gasteiger charge is -2.09. The fourth-order valence-corrected chi connectivity index (χ4v) is 3.12. The molecule has 0 aliphatic heterocycles. The summed E-state index contributed by atoms with van der Waals surface area (Å²) in [6.07, 6.45) is 2.71. The summed E-state index contributed by atoms with van der Waals surface area (Å²) in [5.41, 5.74) is -0.517. The zero-order valence-corrected chi connectivity index (χ0v) is 15.5. The highest BCUT2D eigenvalue weighted by Crippen LogP contribution is 2.19. The van der Waals surface area contributed by atoms with E-state index in [2.05, 4.69) is 10.3 Å². The smallest absolute Gasteiger partial charge is 0.287 e. The van der Waals surface area contributed by atoms with Crippen LogP contribution in [-0.4, -0.2) is 21.2 Å². The largest absolute Gasteiger partial charge is 0.323 e. The third kappa shape index (κ3) is 4.55. The van der Waals surface area contributed by atoms with Crippen molar-refractivity contribution in [2.75, 3.05) is 11.1 Å². The first-order valence-electron chi connectivity index (χ1n) is 7.76. The van der Waals surface area contributed by atoms with Gasteiger partial charge in [-0.05, 0) is 30.3 Å². The van der Waals surface area contributed by atoms with Crippen LogP contribution in [0.15, 0.2) is 58.6 Å². The number of carbonyl (C=O) groups is 1. The second-order valence-electron chi connectivity index (χ2n) is 5.47. The zero-order chi connectivity index (χ0) is 20.3. The lowest BCUT2D eigenvalue weighted by atomic mass is 10.3. The monoisotopic (exact) mass is 425 g/mol. The molecule has 144 valence electrons. The lowest BCUT2D eigenvalue weighted by Crippen LogP contribution is -2.22. The number of hydrogen-bond acceptors (Lipinski definition) is 4. The van der Waals surface area contributed by atoms with Crippen LogP contribution in [0.1, 0.15) is 0 Å². The van der Waals surface area contributed by atoms with E-state index in [1.807, 2.05) is 0 Å². The van der Waals surface area contributed by atoms with Crippen molar-refractivity contribution in [3.8, 4) is 5.69 Å². The molecule has 28 heavy (non-hydrogen) atoms. The molecule has 0 atom stereocenters. The maximum atomic E-state index is 13.6. The lowest BCUT2D eigenvalue weighted by molar-refractivity contribution is -0.113. The van der Waals surface area contributed by atoms with E-state index in [4.69, 9.17) is 11.6 Å². The topological polar surface area (TPSA) is 64.0 Å². The Morgan fingerprint density at radius 1 is 1.14 bits per heavy atom. The van der Waals surface area contributed by atoms with Gasteiger partial charge in [0.1, 0.15) is 17.5 Å². The Labute approximate surface area is 166 Å². The van der Waals surface area contributed by atoms with Crippen molar-refractivity contribution in [1.29, 1.82) is 0 Å². The normalized spacial score (nSPS) is 10.7. The van der Waals surface area contributed by atoms with Crippen LogP contribution in [-0.2, 0) is 4.79 Å². The predicted octanol–water partition coefficient (Wildman–Crippen LogP) is 4.03. The van der Waals surface area contributed by atoms with Crippen molar-refractivity contribution in [2.24, 2.45) is 0 Å². The van der Waals surface area contributed by atoms with Crippen molar-refractivity contribution in [3.05, 3.63) is 81.6 Å². The molecule has 1 aromatic heterocycles. The van der Waals surface area contributed by atoms with Gasteiger partial charge < -0.3 is 5.32 Å². The van der Waals surface area contributed by atoms with Gasteiger partial charge in [0.05, 0.1) is 22.2 Å². The number of thioether (sulfide) groups is 1. The number of nitrogens with one attached hydrogen (secondary N) is 1. The Hall–Kier alpha value is -2.78. The summed E-state index contributed by atoms with van der Waals surface area (Å²) in [6, 6.07) is 6.45. The Kier molecular flexibility index (Phi) is 6.05. The van der Waals surface area contributed by atoms with E-state index in [9.17, 15) is 22.8 Å². The minimum absolute atomic E-state index is 0.00203. The number of amides is 1. The molecule has 0 saturated heterocycles. The van der Waals surface area contributed by atoms with Crippen molar-refractivity contribution < 1.29 is 18.0 Å². The molecular weight excluding hydrogens is 415 g/mol. The summed E-state index contributed by atoms with van der Waals surface area (Å²) in [4.78, 5) is 28.4. The summed E-state index contributed by atoms with van der Waals surface area (Å²) in [6.45, 7) is 0. The average Bonchev–Trinajstić information content (AvgIpc) is 2.66. The van der Waals surface area contributed by atoms with Crippen molar-refractivity contribution in [1.82, 2.24) is 9.55 Å². The molecule has 2 aromatic carbocycles. The van der Waals surface area contributed by atoms with Crippen LogP contribution in [0.2, 0.25) is 5.02 Å². The Balaban J connectivity index is 1.74. The van der Waals surface area contributed by atoms with Crippen LogP contribution < -0.4 is 10.9 Å². The fourth-order valence-electron chi connectivity index (χ4n) is 2.24. The molecule has 0 bridgehead atoms. The third-order valence-corrected chi connectivity index (χ3v) is 4.78. The number of benzene rings is 2. The first kappa shape index (κ1) is 20.0. The van der Waals surface area contributed by atoms with E-state index in [0.29, 0.717) is 5.69 Å². The van der Waals surface area contributed by atoms with Gasteiger partial charge in [0.2, 0.25) is 5.91 Å². The van der Waals surface area contributed by atoms with Gasteiger partial charge in [-0.2, -0.15) is 0 Å². The van der Waals surface area contributed by atoms with Gasteiger partial charge in [-0.15, -0.1) is 0 Å². The highest BCUT2D eigenvalue weighted by Gasteiger charge is 2.13. The molecule has 10 heteroatoms. The molecule has 5 nitrogen and oxygen atoms in total. The Morgan fingerprint density at radius 2 is 1.89 bits per heavy atom. The Bertz CT molecular complexity index is 1110. The molecule has 0 fully saturated rings. The molecule has 0 spiro atoms. The van der Waals surface area contributed by atoms with Gasteiger partial charge in [-0.1, -0.05) is 23.4 Å². The molecule has 0 aliphatic rings. The first-order chi connectivity index (χ1) is 13.3. The van der Waals surface area contributed by atoms with Crippen LogP contribution in [0.4, 0.5) is 18.9 Å². The number of anilines is 1. The number of carbonyl (C=O) groups excluding carboxylic acids is 1. The van der Waals surface area contributed by atoms with Crippen LogP contribution in [0, 0.1) is 17.5 Å². The van der Waals surface area contributed by atoms with Crippen LogP contribution in [0.25, 0.3) is 5.69 Å². The van der Waals surface area contributed by atoms with Gasteiger partial charge in [-0.3, -0.25) is 14.2 Å². The molecular formula is C18H11ClF3N3O2S. The second kappa shape index (κ2) is 8.49.